The summed E-state index contributed by atoms with van der Waals surface area (Å²) in [7, 11) is 3.10. The molecule has 4 nitrogen and oxygen atoms in total. The average Bonchev–Trinajstić information content (AvgIpc) is 2.76. The maximum atomic E-state index is 12.5. The van der Waals surface area contributed by atoms with Crippen molar-refractivity contribution in [1.29, 1.82) is 0 Å². The van der Waals surface area contributed by atoms with Gasteiger partial charge in [0.05, 0.1) is 25.3 Å². The van der Waals surface area contributed by atoms with Gasteiger partial charge in [-0.25, -0.2) is 0 Å². The molecular weight excluding hydrogens is 244 g/mol. The first kappa shape index (κ1) is 13.2. The largest absolute Gasteiger partial charge is 0.497 e. The molecule has 0 bridgehead atoms. The number of aryl methyl sites for hydroxylation is 2. The summed E-state index contributed by atoms with van der Waals surface area (Å²) in [5.74, 6) is 2.35. The summed E-state index contributed by atoms with van der Waals surface area (Å²) < 4.78 is 15.8. The van der Waals surface area contributed by atoms with Crippen molar-refractivity contribution >= 4 is 5.78 Å². The van der Waals surface area contributed by atoms with E-state index in [1.165, 1.54) is 7.11 Å². The summed E-state index contributed by atoms with van der Waals surface area (Å²) in [5.41, 5.74) is 1.05. The van der Waals surface area contributed by atoms with Gasteiger partial charge in [-0.1, -0.05) is 0 Å². The lowest BCUT2D eigenvalue weighted by molar-refractivity contribution is 0.103. The van der Waals surface area contributed by atoms with E-state index >= 15 is 0 Å². The van der Waals surface area contributed by atoms with Gasteiger partial charge in [0.1, 0.15) is 23.0 Å². The van der Waals surface area contributed by atoms with E-state index in [1.54, 1.807) is 38.3 Å². The van der Waals surface area contributed by atoms with E-state index in [0.717, 1.165) is 0 Å². The van der Waals surface area contributed by atoms with Crippen molar-refractivity contribution < 1.29 is 18.7 Å². The molecule has 0 radical (unpaired) electrons. The van der Waals surface area contributed by atoms with E-state index in [-0.39, 0.29) is 5.78 Å². The lowest BCUT2D eigenvalue weighted by atomic mass is 10.0. The maximum Gasteiger partial charge on any atom is 0.200 e. The number of benzene rings is 1. The van der Waals surface area contributed by atoms with Crippen LogP contribution in [-0.2, 0) is 0 Å². The molecule has 1 aromatic heterocycles. The van der Waals surface area contributed by atoms with Crippen molar-refractivity contribution in [1.82, 2.24) is 0 Å². The van der Waals surface area contributed by atoms with Crippen LogP contribution < -0.4 is 9.47 Å². The number of ether oxygens (including phenoxy) is 2. The van der Waals surface area contributed by atoms with Gasteiger partial charge in [-0.05, 0) is 32.0 Å². The van der Waals surface area contributed by atoms with Crippen molar-refractivity contribution in [3.8, 4) is 11.5 Å². The molecule has 0 spiro atoms. The van der Waals surface area contributed by atoms with Gasteiger partial charge >= 0.3 is 0 Å². The van der Waals surface area contributed by atoms with Gasteiger partial charge in [0.15, 0.2) is 5.78 Å². The second-order valence-corrected chi connectivity index (χ2v) is 4.22. The lowest BCUT2D eigenvalue weighted by Crippen LogP contribution is -2.04. The van der Waals surface area contributed by atoms with Crippen LogP contribution in [0.3, 0.4) is 0 Å². The van der Waals surface area contributed by atoms with Crippen molar-refractivity contribution in [3.05, 3.63) is 46.9 Å². The number of rotatable bonds is 4. The Hall–Kier alpha value is -2.23. The predicted molar refractivity (Wildman–Crippen MR) is 71.2 cm³/mol. The van der Waals surface area contributed by atoms with Gasteiger partial charge in [-0.15, -0.1) is 0 Å². The minimum absolute atomic E-state index is 0.117. The first-order valence-electron chi connectivity index (χ1n) is 5.90. The molecule has 0 unspecified atom stereocenters. The van der Waals surface area contributed by atoms with Crippen molar-refractivity contribution in [2.24, 2.45) is 0 Å². The highest BCUT2D eigenvalue weighted by molar-refractivity contribution is 6.11. The third kappa shape index (κ3) is 2.47. The fourth-order valence-electron chi connectivity index (χ4n) is 1.99. The van der Waals surface area contributed by atoms with E-state index in [0.29, 0.717) is 34.1 Å². The average molecular weight is 260 g/mol. The standard InChI is InChI=1S/C15H16O4/c1-9-7-13(10(2)19-9)15(16)12-6-5-11(17-3)8-14(12)18-4/h5-8H,1-4H3. The molecule has 0 atom stereocenters. The molecule has 0 aliphatic heterocycles. The molecule has 1 aromatic carbocycles. The number of carbonyl (C=O) groups is 1. The molecule has 4 heteroatoms. The SMILES string of the molecule is COc1ccc(C(=O)c2cc(C)oc2C)c(OC)c1. The minimum Gasteiger partial charge on any atom is -0.497 e. The Morgan fingerprint density at radius 2 is 1.79 bits per heavy atom. The van der Waals surface area contributed by atoms with Gasteiger partial charge in [0.2, 0.25) is 0 Å². The Morgan fingerprint density at radius 1 is 1.05 bits per heavy atom. The van der Waals surface area contributed by atoms with Crippen molar-refractivity contribution in [2.45, 2.75) is 13.8 Å². The summed E-state index contributed by atoms with van der Waals surface area (Å²) in [6.45, 7) is 3.59. The maximum absolute atomic E-state index is 12.5. The highest BCUT2D eigenvalue weighted by Crippen LogP contribution is 2.28. The van der Waals surface area contributed by atoms with Crippen LogP contribution in [0.5, 0.6) is 11.5 Å². The molecule has 2 rings (SSSR count). The molecule has 0 saturated carbocycles. The number of hydrogen-bond acceptors (Lipinski definition) is 4. The summed E-state index contributed by atoms with van der Waals surface area (Å²) in [5, 5.41) is 0. The monoisotopic (exact) mass is 260 g/mol. The molecule has 19 heavy (non-hydrogen) atoms. The summed E-state index contributed by atoms with van der Waals surface area (Å²) in [6, 6.07) is 6.86. The summed E-state index contributed by atoms with van der Waals surface area (Å²) in [4.78, 5) is 12.5. The Labute approximate surface area is 111 Å². The van der Waals surface area contributed by atoms with E-state index in [9.17, 15) is 4.79 Å². The van der Waals surface area contributed by atoms with Crippen LogP contribution in [0.2, 0.25) is 0 Å². The molecule has 0 saturated heterocycles. The van der Waals surface area contributed by atoms with Gasteiger partial charge < -0.3 is 13.9 Å². The first-order chi connectivity index (χ1) is 9.06. The Balaban J connectivity index is 2.46. The number of carbonyl (C=O) groups excluding carboxylic acids is 1. The van der Waals surface area contributed by atoms with Crippen LogP contribution in [0.4, 0.5) is 0 Å². The molecule has 1 heterocycles. The second kappa shape index (κ2) is 5.18. The zero-order valence-electron chi connectivity index (χ0n) is 11.4. The third-order valence-electron chi connectivity index (χ3n) is 2.94. The smallest absolute Gasteiger partial charge is 0.200 e. The van der Waals surface area contributed by atoms with Crippen LogP contribution in [0.1, 0.15) is 27.4 Å². The van der Waals surface area contributed by atoms with Gasteiger partial charge in [-0.3, -0.25) is 4.79 Å². The Bertz CT molecular complexity index is 611. The Kier molecular flexibility index (Phi) is 3.60. The van der Waals surface area contributed by atoms with Crippen molar-refractivity contribution in [2.75, 3.05) is 14.2 Å². The number of hydrogen-bond donors (Lipinski definition) is 0. The number of methoxy groups -OCH3 is 2. The Morgan fingerprint density at radius 3 is 2.32 bits per heavy atom. The fraction of sp³-hybridized carbons (Fsp3) is 0.267. The number of ketones is 1. The van der Waals surface area contributed by atoms with E-state index < -0.39 is 0 Å². The van der Waals surface area contributed by atoms with Crippen LogP contribution in [0, 0.1) is 13.8 Å². The molecule has 100 valence electrons. The molecule has 2 aromatic rings. The molecule has 0 fully saturated rings. The normalized spacial score (nSPS) is 10.3. The van der Waals surface area contributed by atoms with Crippen LogP contribution in [-0.4, -0.2) is 20.0 Å². The first-order valence-corrected chi connectivity index (χ1v) is 5.90. The molecule has 0 aliphatic rings. The van der Waals surface area contributed by atoms with Crippen LogP contribution in [0.25, 0.3) is 0 Å². The quantitative estimate of drug-likeness (QED) is 0.792. The predicted octanol–water partition coefficient (Wildman–Crippen LogP) is 3.14. The fourth-order valence-corrected chi connectivity index (χ4v) is 1.99. The number of furan rings is 1. The van der Waals surface area contributed by atoms with Crippen LogP contribution in [0.15, 0.2) is 28.7 Å². The topological polar surface area (TPSA) is 48.7 Å². The molecular formula is C15H16O4. The molecule has 0 amide bonds. The highest BCUT2D eigenvalue weighted by Gasteiger charge is 2.19. The summed E-state index contributed by atoms with van der Waals surface area (Å²) in [6.07, 6.45) is 0. The molecule has 0 N–H and O–H groups in total. The zero-order valence-corrected chi connectivity index (χ0v) is 11.4. The van der Waals surface area contributed by atoms with Gasteiger partial charge in [0.25, 0.3) is 0 Å². The third-order valence-corrected chi connectivity index (χ3v) is 2.94. The van der Waals surface area contributed by atoms with Crippen molar-refractivity contribution in [3.63, 3.8) is 0 Å². The minimum atomic E-state index is -0.117. The summed E-state index contributed by atoms with van der Waals surface area (Å²) >= 11 is 0. The van der Waals surface area contributed by atoms with E-state index in [1.807, 2.05) is 6.92 Å². The van der Waals surface area contributed by atoms with Gasteiger partial charge in [-0.2, -0.15) is 0 Å². The van der Waals surface area contributed by atoms with Crippen LogP contribution >= 0.6 is 0 Å². The molecule has 0 aliphatic carbocycles. The second-order valence-electron chi connectivity index (χ2n) is 4.22. The highest BCUT2D eigenvalue weighted by atomic mass is 16.5. The van der Waals surface area contributed by atoms with Gasteiger partial charge in [0, 0.05) is 6.07 Å². The van der Waals surface area contributed by atoms with E-state index in [2.05, 4.69) is 0 Å². The van der Waals surface area contributed by atoms with E-state index in [4.69, 9.17) is 13.9 Å². The lowest BCUT2D eigenvalue weighted by Gasteiger charge is -2.09. The zero-order chi connectivity index (χ0) is 14.0.